The molecule has 0 heterocycles. The molecule has 4 saturated carbocycles. The highest BCUT2D eigenvalue weighted by atomic mass is 35.5. The van der Waals surface area contributed by atoms with Gasteiger partial charge in [0.25, 0.3) is 0 Å². The first kappa shape index (κ1) is 32.8. The number of esters is 1. The molecule has 0 aromatic heterocycles. The molecule has 6 heteroatoms. The smallest absolute Gasteiger partial charge is 0.302 e. The number of ether oxygens (including phenoxy) is 1. The number of Topliss-reactive ketones (excluding diaryl/α,β-unsaturated/α-hetero) is 1. The van der Waals surface area contributed by atoms with Gasteiger partial charge in [-0.25, -0.2) is 0 Å². The standard InChI is InChI=1S/C39H54ClNO4/c1-23(2)32-28(43)21-39(34(44)41-22-25-9-11-26(40)12-10-25)20-19-37(7)27(33(32)39)13-14-30-36(6)17-16-31(45-24(3)42)35(4,5)29(36)15-18-38(30,37)8/h9-12,23,27,29-31H,13-22H2,1-8H3,(H,41,44)/t27-,29+,30-,31+,36+,37-,38-,39-/m1/s1. The summed E-state index contributed by atoms with van der Waals surface area (Å²) in [6.07, 6.45) is 8.35. The number of allylic oxidation sites excluding steroid dienone is 1. The summed E-state index contributed by atoms with van der Waals surface area (Å²) in [6, 6.07) is 7.61. The summed E-state index contributed by atoms with van der Waals surface area (Å²) in [6.45, 7) is 18.5. The summed E-state index contributed by atoms with van der Waals surface area (Å²) < 4.78 is 5.93. The van der Waals surface area contributed by atoms with Crippen LogP contribution in [-0.4, -0.2) is 23.8 Å². The summed E-state index contributed by atoms with van der Waals surface area (Å²) in [5, 5.41) is 3.95. The lowest BCUT2D eigenvalue weighted by Crippen LogP contribution is -2.66. The molecule has 0 aliphatic heterocycles. The molecule has 1 amide bonds. The van der Waals surface area contributed by atoms with Gasteiger partial charge in [-0.1, -0.05) is 72.2 Å². The summed E-state index contributed by atoms with van der Waals surface area (Å²) in [4.78, 5) is 40.3. The van der Waals surface area contributed by atoms with Crippen LogP contribution in [0.5, 0.6) is 0 Å². The number of ketones is 1. The lowest BCUT2D eigenvalue weighted by Gasteiger charge is -2.72. The fraction of sp³-hybridized carbons (Fsp3) is 0.718. The van der Waals surface area contributed by atoms with E-state index in [2.05, 4.69) is 53.8 Å². The molecule has 0 saturated heterocycles. The molecule has 0 bridgehead atoms. The molecule has 8 atom stereocenters. The Morgan fingerprint density at radius 1 is 0.911 bits per heavy atom. The Balaban J connectivity index is 1.35. The quantitative estimate of drug-likeness (QED) is 0.328. The number of amides is 1. The molecule has 0 unspecified atom stereocenters. The number of hydrogen-bond acceptors (Lipinski definition) is 4. The Labute approximate surface area is 275 Å². The summed E-state index contributed by atoms with van der Waals surface area (Å²) in [5.41, 5.74) is 2.57. The van der Waals surface area contributed by atoms with Crippen LogP contribution >= 0.6 is 11.6 Å². The second kappa shape index (κ2) is 11.0. The minimum absolute atomic E-state index is 0.000818. The van der Waals surface area contributed by atoms with Gasteiger partial charge in [-0.15, -0.1) is 0 Å². The average molecular weight is 636 g/mol. The number of halogens is 1. The van der Waals surface area contributed by atoms with Crippen LogP contribution in [0.15, 0.2) is 35.4 Å². The van der Waals surface area contributed by atoms with Gasteiger partial charge in [-0.3, -0.25) is 14.4 Å². The van der Waals surface area contributed by atoms with E-state index >= 15 is 0 Å². The van der Waals surface area contributed by atoms with Crippen molar-refractivity contribution in [3.63, 3.8) is 0 Å². The molecule has 1 aromatic rings. The van der Waals surface area contributed by atoms with Gasteiger partial charge < -0.3 is 10.1 Å². The number of fused-ring (bicyclic) bond motifs is 7. The molecule has 1 aromatic carbocycles. The number of benzene rings is 1. The molecule has 246 valence electrons. The van der Waals surface area contributed by atoms with Crippen LogP contribution in [-0.2, 0) is 25.7 Å². The molecule has 0 radical (unpaired) electrons. The van der Waals surface area contributed by atoms with Crippen molar-refractivity contribution in [2.75, 3.05) is 0 Å². The fourth-order valence-corrected chi connectivity index (χ4v) is 12.4. The monoisotopic (exact) mass is 635 g/mol. The van der Waals surface area contributed by atoms with E-state index < -0.39 is 5.41 Å². The highest BCUT2D eigenvalue weighted by Gasteiger charge is 2.71. The van der Waals surface area contributed by atoms with Crippen molar-refractivity contribution in [1.29, 1.82) is 0 Å². The number of carbonyl (C=O) groups is 3. The largest absolute Gasteiger partial charge is 0.462 e. The van der Waals surface area contributed by atoms with E-state index in [-0.39, 0.29) is 57.3 Å². The van der Waals surface area contributed by atoms with Crippen LogP contribution in [0.25, 0.3) is 0 Å². The average Bonchev–Trinajstić information content (AvgIpc) is 3.27. The Hall–Kier alpha value is -2.14. The van der Waals surface area contributed by atoms with Gasteiger partial charge in [-0.2, -0.15) is 0 Å². The molecule has 6 rings (SSSR count). The number of rotatable bonds is 5. The Kier molecular flexibility index (Phi) is 7.98. The van der Waals surface area contributed by atoms with Crippen molar-refractivity contribution >= 4 is 29.3 Å². The zero-order valence-electron chi connectivity index (χ0n) is 28.8. The van der Waals surface area contributed by atoms with E-state index in [4.69, 9.17) is 16.3 Å². The lowest BCUT2D eigenvalue weighted by molar-refractivity contribution is -0.232. The van der Waals surface area contributed by atoms with Crippen molar-refractivity contribution in [1.82, 2.24) is 5.32 Å². The predicted octanol–water partition coefficient (Wildman–Crippen LogP) is 8.87. The van der Waals surface area contributed by atoms with E-state index in [1.165, 1.54) is 5.57 Å². The first-order valence-electron chi connectivity index (χ1n) is 17.5. The third-order valence-electron chi connectivity index (χ3n) is 14.5. The maximum atomic E-state index is 14.4. The third kappa shape index (κ3) is 4.71. The van der Waals surface area contributed by atoms with Crippen LogP contribution in [0.1, 0.15) is 119 Å². The van der Waals surface area contributed by atoms with Crippen molar-refractivity contribution in [2.24, 2.45) is 50.7 Å². The maximum Gasteiger partial charge on any atom is 0.302 e. The molecule has 1 N–H and O–H groups in total. The van der Waals surface area contributed by atoms with Crippen molar-refractivity contribution in [3.05, 3.63) is 46.0 Å². The van der Waals surface area contributed by atoms with E-state index in [9.17, 15) is 14.4 Å². The lowest BCUT2D eigenvalue weighted by atomic mass is 9.33. The highest BCUT2D eigenvalue weighted by molar-refractivity contribution is 6.30. The van der Waals surface area contributed by atoms with Crippen LogP contribution < -0.4 is 5.32 Å². The van der Waals surface area contributed by atoms with E-state index in [0.29, 0.717) is 29.8 Å². The number of carbonyl (C=O) groups excluding carboxylic acids is 3. The topological polar surface area (TPSA) is 72.5 Å². The minimum Gasteiger partial charge on any atom is -0.462 e. The number of nitrogens with one attached hydrogen (secondary N) is 1. The predicted molar refractivity (Wildman–Crippen MR) is 178 cm³/mol. The summed E-state index contributed by atoms with van der Waals surface area (Å²) in [5.74, 6) is 1.38. The Bertz CT molecular complexity index is 1430. The molecule has 45 heavy (non-hydrogen) atoms. The van der Waals surface area contributed by atoms with Gasteiger partial charge in [0.15, 0.2) is 5.78 Å². The molecule has 5 nitrogen and oxygen atoms in total. The number of hydrogen-bond donors (Lipinski definition) is 1. The van der Waals surface area contributed by atoms with Crippen LogP contribution in [0.2, 0.25) is 5.02 Å². The van der Waals surface area contributed by atoms with Gasteiger partial charge in [0.2, 0.25) is 5.91 Å². The van der Waals surface area contributed by atoms with Crippen LogP contribution in [0, 0.1) is 50.7 Å². The SMILES string of the molecule is CC(=O)O[C@H]1CC[C@]2(C)[C@H]3CC[C@@H]4C5=C(C(C)C)C(=O)C[C@]5(C(=O)NCc5ccc(Cl)cc5)CC[C@@]4(C)[C@]3(C)CC[C@H]2C1(C)C. The maximum absolute atomic E-state index is 14.4. The summed E-state index contributed by atoms with van der Waals surface area (Å²) >= 11 is 6.10. The Morgan fingerprint density at radius 2 is 1.60 bits per heavy atom. The van der Waals surface area contributed by atoms with E-state index in [1.54, 1.807) is 6.92 Å². The molecule has 4 fully saturated rings. The minimum atomic E-state index is -0.748. The second-order valence-electron chi connectivity index (χ2n) is 17.0. The van der Waals surface area contributed by atoms with Crippen LogP contribution in [0.3, 0.4) is 0 Å². The molecular formula is C39H54ClNO4. The highest BCUT2D eigenvalue weighted by Crippen LogP contribution is 2.76. The van der Waals surface area contributed by atoms with Crippen LogP contribution in [0.4, 0.5) is 0 Å². The van der Waals surface area contributed by atoms with E-state index in [1.807, 2.05) is 24.3 Å². The van der Waals surface area contributed by atoms with Gasteiger partial charge in [-0.05, 0) is 120 Å². The van der Waals surface area contributed by atoms with Crippen molar-refractivity contribution < 1.29 is 19.1 Å². The Morgan fingerprint density at radius 3 is 2.24 bits per heavy atom. The van der Waals surface area contributed by atoms with Gasteiger partial charge >= 0.3 is 5.97 Å². The third-order valence-corrected chi connectivity index (χ3v) is 14.7. The first-order chi connectivity index (χ1) is 21.0. The fourth-order valence-electron chi connectivity index (χ4n) is 12.2. The molecule has 0 spiro atoms. The summed E-state index contributed by atoms with van der Waals surface area (Å²) in [7, 11) is 0. The molecule has 5 aliphatic carbocycles. The van der Waals surface area contributed by atoms with E-state index in [0.717, 1.165) is 62.5 Å². The zero-order chi connectivity index (χ0) is 32.7. The van der Waals surface area contributed by atoms with Gasteiger partial charge in [0.05, 0.1) is 5.41 Å². The van der Waals surface area contributed by atoms with Crippen molar-refractivity contribution in [2.45, 2.75) is 126 Å². The molecule has 5 aliphatic rings. The molecular weight excluding hydrogens is 582 g/mol. The second-order valence-corrected chi connectivity index (χ2v) is 17.5. The van der Waals surface area contributed by atoms with Gasteiger partial charge in [0.1, 0.15) is 6.10 Å². The normalized spacial score (nSPS) is 40.3. The van der Waals surface area contributed by atoms with Gasteiger partial charge in [0, 0.05) is 30.3 Å². The first-order valence-corrected chi connectivity index (χ1v) is 17.9. The van der Waals surface area contributed by atoms with Crippen molar-refractivity contribution in [3.8, 4) is 0 Å². The zero-order valence-corrected chi connectivity index (χ0v) is 29.5.